The molecule has 0 N–H and O–H groups in total. The lowest BCUT2D eigenvalue weighted by Crippen LogP contribution is -2.06. The van der Waals surface area contributed by atoms with E-state index in [1.54, 1.807) is 4.91 Å². The maximum atomic E-state index is 2.33. The summed E-state index contributed by atoms with van der Waals surface area (Å²) in [5.74, 6) is 2.82. The van der Waals surface area contributed by atoms with Crippen molar-refractivity contribution < 1.29 is 0 Å². The van der Waals surface area contributed by atoms with Crippen LogP contribution in [0.5, 0.6) is 0 Å². The van der Waals surface area contributed by atoms with Gasteiger partial charge in [0.05, 0.1) is 0 Å². The predicted molar refractivity (Wildman–Crippen MR) is 71.2 cm³/mol. The normalized spacial score (nSPS) is 18.4. The van der Waals surface area contributed by atoms with Gasteiger partial charge in [-0.05, 0) is 44.4 Å². The van der Waals surface area contributed by atoms with Crippen LogP contribution in [0.2, 0.25) is 0 Å². The van der Waals surface area contributed by atoms with Gasteiger partial charge in [-0.15, -0.1) is 0 Å². The van der Waals surface area contributed by atoms with Crippen LogP contribution in [0.15, 0.2) is 30.3 Å². The van der Waals surface area contributed by atoms with Gasteiger partial charge in [0, 0.05) is 16.5 Å². The van der Waals surface area contributed by atoms with Crippen LogP contribution in [0.1, 0.15) is 30.9 Å². The van der Waals surface area contributed by atoms with E-state index in [9.17, 15) is 0 Å². The second-order valence-electron chi connectivity index (χ2n) is 4.08. The van der Waals surface area contributed by atoms with Crippen LogP contribution in [0, 0.1) is 6.92 Å². The number of hydrogen-bond donors (Lipinski definition) is 0. The third-order valence-electron chi connectivity index (χ3n) is 3.02. The van der Waals surface area contributed by atoms with Gasteiger partial charge in [-0.1, -0.05) is 18.2 Å². The molecular formula is C14H19S+. The second-order valence-corrected chi connectivity index (χ2v) is 6.32. The molecule has 1 heteroatoms. The molecule has 1 aliphatic heterocycles. The van der Waals surface area contributed by atoms with Gasteiger partial charge in [0.1, 0.15) is 11.5 Å². The van der Waals surface area contributed by atoms with Crippen LogP contribution < -0.4 is 0 Å². The first-order valence-corrected chi connectivity index (χ1v) is 7.29. The topological polar surface area (TPSA) is 0 Å². The average molecular weight is 219 g/mol. The lowest BCUT2D eigenvalue weighted by Gasteiger charge is -2.08. The molecule has 80 valence electrons. The number of hydrogen-bond acceptors (Lipinski definition) is 0. The molecule has 2 rings (SSSR count). The molecule has 1 fully saturated rings. The van der Waals surface area contributed by atoms with E-state index in [-0.39, 0.29) is 0 Å². The quantitative estimate of drug-likeness (QED) is 0.664. The first-order valence-electron chi connectivity index (χ1n) is 5.72. The third kappa shape index (κ3) is 2.28. The smallest absolute Gasteiger partial charge is 0.0620 e. The molecule has 0 atom stereocenters. The maximum Gasteiger partial charge on any atom is 0.158 e. The Bertz CT molecular complexity index is 359. The van der Waals surface area contributed by atoms with E-state index < -0.39 is 0 Å². The monoisotopic (exact) mass is 219 g/mol. The van der Waals surface area contributed by atoms with Crippen molar-refractivity contribution in [3.05, 3.63) is 41.5 Å². The number of aryl methyl sites for hydroxylation is 1. The minimum atomic E-state index is 0.535. The molecular weight excluding hydrogens is 200 g/mol. The SMILES string of the molecule is C/C=C(\c1ccccc1C)[S+]1CCCC1. The molecule has 15 heavy (non-hydrogen) atoms. The predicted octanol–water partition coefficient (Wildman–Crippen LogP) is 3.77. The van der Waals surface area contributed by atoms with Crippen molar-refractivity contribution in [3.63, 3.8) is 0 Å². The van der Waals surface area contributed by atoms with Gasteiger partial charge in [-0.2, -0.15) is 0 Å². The summed E-state index contributed by atoms with van der Waals surface area (Å²) in [6.07, 6.45) is 5.18. The first kappa shape index (κ1) is 10.8. The van der Waals surface area contributed by atoms with Crippen LogP contribution in [-0.2, 0) is 10.9 Å². The molecule has 0 nitrogen and oxygen atoms in total. The number of rotatable bonds is 2. The molecule has 1 aromatic rings. The molecule has 0 spiro atoms. The zero-order valence-corrected chi connectivity index (χ0v) is 10.4. The van der Waals surface area contributed by atoms with Crippen molar-refractivity contribution in [2.75, 3.05) is 11.5 Å². The Morgan fingerprint density at radius 3 is 2.47 bits per heavy atom. The standard InChI is InChI=1S/C14H19S/c1-3-14(15-10-6-7-11-15)13-9-5-4-8-12(13)2/h3-5,8-9H,6-7,10-11H2,1-2H3/q+1/b14-3+. The van der Waals surface area contributed by atoms with Crippen molar-refractivity contribution in [2.24, 2.45) is 0 Å². The highest BCUT2D eigenvalue weighted by molar-refractivity contribution is 8.05. The van der Waals surface area contributed by atoms with E-state index in [0.717, 1.165) is 0 Å². The van der Waals surface area contributed by atoms with Crippen LogP contribution in [-0.4, -0.2) is 11.5 Å². The molecule has 1 aliphatic rings. The molecule has 1 aromatic carbocycles. The Kier molecular flexibility index (Phi) is 3.53. The van der Waals surface area contributed by atoms with E-state index in [4.69, 9.17) is 0 Å². The fourth-order valence-corrected chi connectivity index (χ4v) is 4.82. The zero-order chi connectivity index (χ0) is 10.7. The highest BCUT2D eigenvalue weighted by atomic mass is 32.2. The van der Waals surface area contributed by atoms with Crippen molar-refractivity contribution in [2.45, 2.75) is 26.7 Å². The van der Waals surface area contributed by atoms with Crippen molar-refractivity contribution >= 4 is 15.8 Å². The lowest BCUT2D eigenvalue weighted by molar-refractivity contribution is 0.949. The fraction of sp³-hybridized carbons (Fsp3) is 0.429. The fourth-order valence-electron chi connectivity index (χ4n) is 2.20. The van der Waals surface area contributed by atoms with Crippen LogP contribution >= 0.6 is 0 Å². The average Bonchev–Trinajstić information content (AvgIpc) is 2.75. The largest absolute Gasteiger partial charge is 0.158 e. The summed E-state index contributed by atoms with van der Waals surface area (Å²) in [6, 6.07) is 8.78. The van der Waals surface area contributed by atoms with Gasteiger partial charge in [-0.3, -0.25) is 0 Å². The van der Waals surface area contributed by atoms with E-state index >= 15 is 0 Å². The molecule has 1 heterocycles. The molecule has 1 saturated heterocycles. The summed E-state index contributed by atoms with van der Waals surface area (Å²) >= 11 is 0. The molecule has 0 aromatic heterocycles. The third-order valence-corrected chi connectivity index (χ3v) is 5.66. The Balaban J connectivity index is 2.31. The zero-order valence-electron chi connectivity index (χ0n) is 9.62. The molecule has 0 radical (unpaired) electrons. The number of benzene rings is 1. The second kappa shape index (κ2) is 4.89. The van der Waals surface area contributed by atoms with Crippen LogP contribution in [0.25, 0.3) is 4.91 Å². The van der Waals surface area contributed by atoms with Crippen molar-refractivity contribution in [1.82, 2.24) is 0 Å². The Hall–Kier alpha value is -0.690. The summed E-state index contributed by atoms with van der Waals surface area (Å²) in [5.41, 5.74) is 2.90. The Morgan fingerprint density at radius 2 is 1.87 bits per heavy atom. The summed E-state index contributed by atoms with van der Waals surface area (Å²) in [5, 5.41) is 0. The summed E-state index contributed by atoms with van der Waals surface area (Å²) < 4.78 is 0. The van der Waals surface area contributed by atoms with Gasteiger partial charge in [0.15, 0.2) is 4.91 Å². The van der Waals surface area contributed by atoms with E-state index in [2.05, 4.69) is 44.2 Å². The van der Waals surface area contributed by atoms with Gasteiger partial charge in [-0.25, -0.2) is 0 Å². The van der Waals surface area contributed by atoms with Gasteiger partial charge < -0.3 is 0 Å². The van der Waals surface area contributed by atoms with Crippen LogP contribution in [0.3, 0.4) is 0 Å². The van der Waals surface area contributed by atoms with Gasteiger partial charge in [0.25, 0.3) is 0 Å². The molecule has 0 bridgehead atoms. The van der Waals surface area contributed by atoms with E-state index in [1.807, 2.05) is 0 Å². The van der Waals surface area contributed by atoms with E-state index in [0.29, 0.717) is 10.9 Å². The van der Waals surface area contributed by atoms with Crippen molar-refractivity contribution in [1.29, 1.82) is 0 Å². The highest BCUT2D eigenvalue weighted by Crippen LogP contribution is 2.31. The first-order chi connectivity index (χ1) is 7.33. The Morgan fingerprint density at radius 1 is 1.20 bits per heavy atom. The van der Waals surface area contributed by atoms with Crippen LogP contribution in [0.4, 0.5) is 0 Å². The Labute approximate surface area is 95.7 Å². The molecule has 0 saturated carbocycles. The minimum Gasteiger partial charge on any atom is -0.0620 e. The molecule has 0 amide bonds. The van der Waals surface area contributed by atoms with Gasteiger partial charge in [0.2, 0.25) is 0 Å². The maximum absolute atomic E-state index is 2.33. The lowest BCUT2D eigenvalue weighted by atomic mass is 10.1. The minimum absolute atomic E-state index is 0.535. The summed E-state index contributed by atoms with van der Waals surface area (Å²) in [7, 11) is 0.535. The van der Waals surface area contributed by atoms with Crippen molar-refractivity contribution in [3.8, 4) is 0 Å². The number of allylic oxidation sites excluding steroid dienone is 1. The van der Waals surface area contributed by atoms with Gasteiger partial charge >= 0.3 is 0 Å². The summed E-state index contributed by atoms with van der Waals surface area (Å²) in [6.45, 7) is 4.41. The summed E-state index contributed by atoms with van der Waals surface area (Å²) in [4.78, 5) is 1.60. The highest BCUT2D eigenvalue weighted by Gasteiger charge is 2.30. The molecule has 0 unspecified atom stereocenters. The van der Waals surface area contributed by atoms with E-state index in [1.165, 1.54) is 35.5 Å². The molecule has 0 aliphatic carbocycles.